The first-order valence-corrected chi connectivity index (χ1v) is 8.91. The molecule has 0 spiro atoms. The zero-order chi connectivity index (χ0) is 16.7. The summed E-state index contributed by atoms with van der Waals surface area (Å²) in [5, 5.41) is 0. The maximum atomic E-state index is 13.0. The van der Waals surface area contributed by atoms with E-state index in [-0.39, 0.29) is 23.8 Å². The maximum absolute atomic E-state index is 13.0. The molecule has 1 aliphatic carbocycles. The van der Waals surface area contributed by atoms with E-state index in [4.69, 9.17) is 4.74 Å². The number of rotatable bonds is 4. The van der Waals surface area contributed by atoms with Crippen molar-refractivity contribution in [2.24, 2.45) is 5.92 Å². The fourth-order valence-corrected chi connectivity index (χ4v) is 4.10. The summed E-state index contributed by atoms with van der Waals surface area (Å²) >= 11 is 0. The summed E-state index contributed by atoms with van der Waals surface area (Å²) in [4.78, 5) is 29.1. The van der Waals surface area contributed by atoms with Crippen LogP contribution in [0.15, 0.2) is 24.3 Å². The van der Waals surface area contributed by atoms with Crippen LogP contribution >= 0.6 is 0 Å². The second-order valence-corrected chi connectivity index (χ2v) is 7.14. The molecule has 2 atom stereocenters. The fourth-order valence-electron chi connectivity index (χ4n) is 4.10. The molecule has 0 N–H and O–H groups in total. The molecule has 4 rings (SSSR count). The number of benzene rings is 1. The third-order valence-electron chi connectivity index (χ3n) is 5.51. The fraction of sp³-hybridized carbons (Fsp3) is 0.579. The lowest BCUT2D eigenvalue weighted by molar-refractivity contribution is -0.136. The number of amides is 2. The molecule has 3 fully saturated rings. The number of carbonyl (C=O) groups excluding carboxylic acids is 2. The van der Waals surface area contributed by atoms with Crippen LogP contribution in [0.25, 0.3) is 0 Å². The van der Waals surface area contributed by atoms with Gasteiger partial charge in [-0.1, -0.05) is 12.1 Å². The van der Waals surface area contributed by atoms with E-state index in [1.807, 2.05) is 28.0 Å². The van der Waals surface area contributed by atoms with Gasteiger partial charge in [-0.05, 0) is 43.4 Å². The number of carbonyl (C=O) groups is 2. The second-order valence-electron chi connectivity index (χ2n) is 7.14. The molecule has 128 valence electrons. The van der Waals surface area contributed by atoms with E-state index in [0.717, 1.165) is 43.5 Å². The van der Waals surface area contributed by atoms with Gasteiger partial charge in [0.25, 0.3) is 0 Å². The van der Waals surface area contributed by atoms with Gasteiger partial charge in [-0.15, -0.1) is 0 Å². The zero-order valence-electron chi connectivity index (χ0n) is 14.1. The molecule has 5 nitrogen and oxygen atoms in total. The van der Waals surface area contributed by atoms with E-state index in [1.165, 1.54) is 0 Å². The van der Waals surface area contributed by atoms with Crippen molar-refractivity contribution in [3.63, 3.8) is 0 Å². The Kier molecular flexibility index (Phi) is 3.94. The number of methoxy groups -OCH3 is 1. The van der Waals surface area contributed by atoms with Crippen LogP contribution in [0.2, 0.25) is 0 Å². The Morgan fingerprint density at radius 2 is 2.08 bits per heavy atom. The number of hydrogen-bond acceptors (Lipinski definition) is 3. The number of ether oxygens (including phenoxy) is 1. The van der Waals surface area contributed by atoms with Gasteiger partial charge < -0.3 is 14.5 Å². The van der Waals surface area contributed by atoms with Crippen LogP contribution in [0, 0.1) is 5.92 Å². The highest BCUT2D eigenvalue weighted by Crippen LogP contribution is 2.37. The van der Waals surface area contributed by atoms with Crippen molar-refractivity contribution >= 4 is 11.8 Å². The van der Waals surface area contributed by atoms with E-state index in [1.54, 1.807) is 7.11 Å². The van der Waals surface area contributed by atoms with Crippen LogP contribution in [0.5, 0.6) is 5.75 Å². The summed E-state index contributed by atoms with van der Waals surface area (Å²) in [7, 11) is 1.66. The van der Waals surface area contributed by atoms with Gasteiger partial charge in [-0.3, -0.25) is 9.59 Å². The minimum Gasteiger partial charge on any atom is -0.497 e. The standard InChI is InChI=1S/C19H24N2O3/c1-24-16-5-2-4-13(10-16)17-6-3-9-20(17)19(23)14-11-18(22)21(12-14)15-7-8-15/h2,4-5,10,14-15,17H,3,6-9,11-12H2,1H3/t14-,17+/m0/s1. The van der Waals surface area contributed by atoms with Gasteiger partial charge in [0, 0.05) is 25.6 Å². The molecule has 2 heterocycles. The molecular formula is C19H24N2O3. The van der Waals surface area contributed by atoms with Crippen molar-refractivity contribution in [2.45, 2.75) is 44.2 Å². The average molecular weight is 328 g/mol. The van der Waals surface area contributed by atoms with Gasteiger partial charge in [-0.2, -0.15) is 0 Å². The molecule has 3 aliphatic rings. The van der Waals surface area contributed by atoms with Crippen LogP contribution in [-0.4, -0.2) is 47.9 Å². The van der Waals surface area contributed by atoms with Crippen LogP contribution in [-0.2, 0) is 9.59 Å². The highest BCUT2D eigenvalue weighted by molar-refractivity contribution is 5.90. The predicted octanol–water partition coefficient (Wildman–Crippen LogP) is 2.37. The van der Waals surface area contributed by atoms with Crippen molar-refractivity contribution in [3.8, 4) is 5.75 Å². The van der Waals surface area contributed by atoms with Crippen LogP contribution in [0.4, 0.5) is 0 Å². The maximum Gasteiger partial charge on any atom is 0.228 e. The Morgan fingerprint density at radius 1 is 1.25 bits per heavy atom. The number of nitrogens with zero attached hydrogens (tertiary/aromatic N) is 2. The summed E-state index contributed by atoms with van der Waals surface area (Å²) in [6.07, 6.45) is 4.58. The summed E-state index contributed by atoms with van der Waals surface area (Å²) in [5.41, 5.74) is 1.13. The highest BCUT2D eigenvalue weighted by Gasteiger charge is 2.44. The topological polar surface area (TPSA) is 49.9 Å². The summed E-state index contributed by atoms with van der Waals surface area (Å²) in [6.45, 7) is 1.40. The molecule has 1 aromatic rings. The summed E-state index contributed by atoms with van der Waals surface area (Å²) in [6, 6.07) is 8.50. The highest BCUT2D eigenvalue weighted by atomic mass is 16.5. The molecule has 2 amide bonds. The molecule has 0 radical (unpaired) electrons. The quantitative estimate of drug-likeness (QED) is 0.852. The first-order chi connectivity index (χ1) is 11.7. The first-order valence-electron chi connectivity index (χ1n) is 8.91. The third-order valence-corrected chi connectivity index (χ3v) is 5.51. The van der Waals surface area contributed by atoms with Gasteiger partial charge in [-0.25, -0.2) is 0 Å². The van der Waals surface area contributed by atoms with Crippen molar-refractivity contribution in [2.75, 3.05) is 20.2 Å². The van der Waals surface area contributed by atoms with E-state index >= 15 is 0 Å². The molecule has 0 bridgehead atoms. The number of hydrogen-bond donors (Lipinski definition) is 0. The van der Waals surface area contributed by atoms with Gasteiger partial charge in [0.2, 0.25) is 11.8 Å². The summed E-state index contributed by atoms with van der Waals surface area (Å²) in [5.74, 6) is 0.969. The lowest BCUT2D eigenvalue weighted by atomic mass is 10.0. The van der Waals surface area contributed by atoms with Crippen molar-refractivity contribution < 1.29 is 14.3 Å². The van der Waals surface area contributed by atoms with Crippen LogP contribution in [0.1, 0.15) is 43.7 Å². The van der Waals surface area contributed by atoms with E-state index < -0.39 is 0 Å². The Labute approximate surface area is 142 Å². The smallest absolute Gasteiger partial charge is 0.228 e. The Balaban J connectivity index is 1.50. The average Bonchev–Trinajstić information content (AvgIpc) is 3.19. The molecule has 1 aromatic carbocycles. The normalized spacial score (nSPS) is 27.0. The predicted molar refractivity (Wildman–Crippen MR) is 89.5 cm³/mol. The Bertz CT molecular complexity index is 656. The monoisotopic (exact) mass is 328 g/mol. The van der Waals surface area contributed by atoms with Gasteiger partial charge >= 0.3 is 0 Å². The largest absolute Gasteiger partial charge is 0.497 e. The van der Waals surface area contributed by atoms with Crippen molar-refractivity contribution in [3.05, 3.63) is 29.8 Å². The van der Waals surface area contributed by atoms with E-state index in [0.29, 0.717) is 19.0 Å². The lowest BCUT2D eigenvalue weighted by Gasteiger charge is -2.28. The molecule has 1 saturated carbocycles. The van der Waals surface area contributed by atoms with Crippen LogP contribution in [0.3, 0.4) is 0 Å². The number of likely N-dealkylation sites (tertiary alicyclic amines) is 2. The van der Waals surface area contributed by atoms with Crippen LogP contribution < -0.4 is 4.74 Å². The summed E-state index contributed by atoms with van der Waals surface area (Å²) < 4.78 is 5.32. The van der Waals surface area contributed by atoms with Gasteiger partial charge in [0.15, 0.2) is 0 Å². The SMILES string of the molecule is COc1cccc([C@H]2CCCN2C(=O)[C@H]2CC(=O)N(C3CC3)C2)c1. The molecule has 2 aliphatic heterocycles. The third kappa shape index (κ3) is 2.76. The molecule has 24 heavy (non-hydrogen) atoms. The minimum absolute atomic E-state index is 0.109. The molecule has 2 saturated heterocycles. The van der Waals surface area contributed by atoms with E-state index in [2.05, 4.69) is 6.07 Å². The Morgan fingerprint density at radius 3 is 2.83 bits per heavy atom. The first kappa shape index (κ1) is 15.5. The lowest BCUT2D eigenvalue weighted by Crippen LogP contribution is -2.37. The second kappa shape index (κ2) is 6.11. The molecule has 0 aromatic heterocycles. The minimum atomic E-state index is -0.163. The zero-order valence-corrected chi connectivity index (χ0v) is 14.1. The molecule has 0 unspecified atom stereocenters. The van der Waals surface area contributed by atoms with Crippen molar-refractivity contribution in [1.29, 1.82) is 0 Å². The van der Waals surface area contributed by atoms with Gasteiger partial charge in [0.05, 0.1) is 19.1 Å². The molecule has 5 heteroatoms. The van der Waals surface area contributed by atoms with Gasteiger partial charge in [0.1, 0.15) is 5.75 Å². The van der Waals surface area contributed by atoms with Crippen molar-refractivity contribution in [1.82, 2.24) is 9.80 Å². The molecular weight excluding hydrogens is 304 g/mol. The van der Waals surface area contributed by atoms with E-state index in [9.17, 15) is 9.59 Å². The Hall–Kier alpha value is -2.04.